The van der Waals surface area contributed by atoms with Gasteiger partial charge in [-0.2, -0.15) is 0 Å². The summed E-state index contributed by atoms with van der Waals surface area (Å²) in [5.41, 5.74) is 1.33. The molecule has 3 aromatic rings. The van der Waals surface area contributed by atoms with E-state index < -0.39 is 0 Å². The summed E-state index contributed by atoms with van der Waals surface area (Å²) in [5, 5.41) is 11.6. The van der Waals surface area contributed by atoms with Gasteiger partial charge < -0.3 is 4.74 Å². The van der Waals surface area contributed by atoms with Gasteiger partial charge in [0, 0.05) is 15.8 Å². The first kappa shape index (κ1) is 16.7. The largest absolute Gasteiger partial charge is 0.490 e. The molecular formula is C19H16Cl2N2O. The van der Waals surface area contributed by atoms with Crippen LogP contribution in [0.5, 0.6) is 5.75 Å². The zero-order valence-corrected chi connectivity index (χ0v) is 14.8. The van der Waals surface area contributed by atoms with E-state index in [0.29, 0.717) is 15.7 Å². The average molecular weight is 359 g/mol. The number of azo groups is 1. The van der Waals surface area contributed by atoms with E-state index in [4.69, 9.17) is 27.9 Å². The van der Waals surface area contributed by atoms with Crippen LogP contribution in [0.2, 0.25) is 10.0 Å². The molecule has 3 nitrogen and oxygen atoms in total. The lowest BCUT2D eigenvalue weighted by Gasteiger charge is -2.13. The van der Waals surface area contributed by atoms with E-state index in [9.17, 15) is 0 Å². The maximum absolute atomic E-state index is 6.14. The normalized spacial score (nSPS) is 11.5. The van der Waals surface area contributed by atoms with Crippen molar-refractivity contribution in [2.24, 2.45) is 10.2 Å². The smallest absolute Gasteiger partial charge is 0.127 e. The summed E-state index contributed by atoms with van der Waals surface area (Å²) in [5.74, 6) is 0.837. The Balaban J connectivity index is 2.02. The minimum Gasteiger partial charge on any atom is -0.490 e. The van der Waals surface area contributed by atoms with E-state index in [0.717, 1.165) is 22.2 Å². The molecule has 0 bridgehead atoms. The third-order valence-electron chi connectivity index (χ3n) is 3.40. The number of halogens is 2. The zero-order chi connectivity index (χ0) is 17.1. The highest BCUT2D eigenvalue weighted by molar-refractivity contribution is 6.36. The Kier molecular flexibility index (Phi) is 5.03. The molecule has 0 heterocycles. The SMILES string of the molecule is CC(C)Oc1ccc(N=Nc2ccc(Cl)cc2Cl)c2ccccc12. The Morgan fingerprint density at radius 1 is 0.833 bits per heavy atom. The Hall–Kier alpha value is -2.10. The molecule has 0 unspecified atom stereocenters. The zero-order valence-electron chi connectivity index (χ0n) is 13.3. The molecule has 0 saturated carbocycles. The Morgan fingerprint density at radius 2 is 1.50 bits per heavy atom. The van der Waals surface area contributed by atoms with Gasteiger partial charge in [0.15, 0.2) is 0 Å². The molecule has 0 fully saturated rings. The summed E-state index contributed by atoms with van der Waals surface area (Å²) < 4.78 is 5.87. The molecule has 3 rings (SSSR count). The fourth-order valence-corrected chi connectivity index (χ4v) is 2.82. The second kappa shape index (κ2) is 7.20. The molecule has 5 heteroatoms. The summed E-state index contributed by atoms with van der Waals surface area (Å²) in [6.45, 7) is 4.01. The van der Waals surface area contributed by atoms with Crippen LogP contribution in [0.25, 0.3) is 10.8 Å². The van der Waals surface area contributed by atoms with Gasteiger partial charge in [-0.25, -0.2) is 0 Å². The van der Waals surface area contributed by atoms with Gasteiger partial charge in [0.2, 0.25) is 0 Å². The molecule has 24 heavy (non-hydrogen) atoms. The molecule has 0 atom stereocenters. The molecule has 122 valence electrons. The number of nitrogens with zero attached hydrogens (tertiary/aromatic N) is 2. The van der Waals surface area contributed by atoms with Crippen LogP contribution in [0.15, 0.2) is 64.8 Å². The van der Waals surface area contributed by atoms with Crippen molar-refractivity contribution in [3.63, 3.8) is 0 Å². The summed E-state index contributed by atoms with van der Waals surface area (Å²) in [6.07, 6.45) is 0.105. The van der Waals surface area contributed by atoms with Crippen LogP contribution in [0.4, 0.5) is 11.4 Å². The Labute approximate surface area is 150 Å². The van der Waals surface area contributed by atoms with Crippen LogP contribution in [-0.2, 0) is 0 Å². The van der Waals surface area contributed by atoms with E-state index in [2.05, 4.69) is 10.2 Å². The van der Waals surface area contributed by atoms with Gasteiger partial charge in [0.05, 0.1) is 16.8 Å². The molecule has 0 aliphatic heterocycles. The van der Waals surface area contributed by atoms with Crippen molar-refractivity contribution in [1.29, 1.82) is 0 Å². The number of fused-ring (bicyclic) bond motifs is 1. The molecule has 0 aliphatic carbocycles. The topological polar surface area (TPSA) is 34.0 Å². The summed E-state index contributed by atoms with van der Waals surface area (Å²) in [6, 6.07) is 16.9. The van der Waals surface area contributed by atoms with Crippen LogP contribution >= 0.6 is 23.2 Å². The second-order valence-corrected chi connectivity index (χ2v) is 6.43. The van der Waals surface area contributed by atoms with Gasteiger partial charge in [-0.05, 0) is 44.2 Å². The van der Waals surface area contributed by atoms with Crippen LogP contribution < -0.4 is 4.74 Å². The monoisotopic (exact) mass is 358 g/mol. The van der Waals surface area contributed by atoms with Gasteiger partial charge in [0.1, 0.15) is 11.4 Å². The first-order chi connectivity index (χ1) is 11.5. The molecule has 0 saturated heterocycles. The van der Waals surface area contributed by atoms with E-state index in [-0.39, 0.29) is 6.10 Å². The van der Waals surface area contributed by atoms with Crippen LogP contribution in [0.1, 0.15) is 13.8 Å². The number of ether oxygens (including phenoxy) is 1. The number of hydrogen-bond donors (Lipinski definition) is 0. The standard InChI is InChI=1S/C19H16Cl2N2O/c1-12(2)24-19-10-9-17(14-5-3-4-6-15(14)19)22-23-18-8-7-13(20)11-16(18)21/h3-12H,1-2H3. The van der Waals surface area contributed by atoms with Crippen molar-refractivity contribution >= 4 is 45.3 Å². The second-order valence-electron chi connectivity index (χ2n) is 5.59. The average Bonchev–Trinajstić information content (AvgIpc) is 2.55. The van der Waals surface area contributed by atoms with Crippen LogP contribution in [-0.4, -0.2) is 6.10 Å². The first-order valence-electron chi connectivity index (χ1n) is 7.60. The number of benzene rings is 3. The van der Waals surface area contributed by atoms with Crippen molar-refractivity contribution in [2.45, 2.75) is 20.0 Å². The van der Waals surface area contributed by atoms with Crippen LogP contribution in [0, 0.1) is 0 Å². The quantitative estimate of drug-likeness (QED) is 0.448. The third kappa shape index (κ3) is 3.69. The highest BCUT2D eigenvalue weighted by atomic mass is 35.5. The molecule has 0 aliphatic rings. The van der Waals surface area contributed by atoms with Crippen molar-refractivity contribution in [2.75, 3.05) is 0 Å². The lowest BCUT2D eigenvalue weighted by Crippen LogP contribution is -2.05. The van der Waals surface area contributed by atoms with Gasteiger partial charge in [-0.1, -0.05) is 47.5 Å². The number of rotatable bonds is 4. The highest BCUT2D eigenvalue weighted by Crippen LogP contribution is 2.35. The lowest BCUT2D eigenvalue weighted by molar-refractivity contribution is 0.245. The van der Waals surface area contributed by atoms with Gasteiger partial charge in [-0.3, -0.25) is 0 Å². The molecule has 0 radical (unpaired) electrons. The molecule has 0 amide bonds. The minimum absolute atomic E-state index is 0.105. The fraction of sp³-hybridized carbons (Fsp3) is 0.158. The van der Waals surface area contributed by atoms with Crippen molar-refractivity contribution in [3.05, 3.63) is 64.6 Å². The van der Waals surface area contributed by atoms with Crippen molar-refractivity contribution in [3.8, 4) is 5.75 Å². The third-order valence-corrected chi connectivity index (χ3v) is 3.94. The molecule has 3 aromatic carbocycles. The van der Waals surface area contributed by atoms with E-state index in [1.807, 2.05) is 50.2 Å². The van der Waals surface area contributed by atoms with Gasteiger partial charge >= 0.3 is 0 Å². The summed E-state index contributed by atoms with van der Waals surface area (Å²) >= 11 is 12.0. The Morgan fingerprint density at radius 3 is 2.21 bits per heavy atom. The molecule has 0 spiro atoms. The predicted molar refractivity (Wildman–Crippen MR) is 100 cm³/mol. The van der Waals surface area contributed by atoms with Crippen molar-refractivity contribution < 1.29 is 4.74 Å². The van der Waals surface area contributed by atoms with E-state index in [1.54, 1.807) is 18.2 Å². The fourth-order valence-electron chi connectivity index (χ4n) is 2.37. The summed E-state index contributed by atoms with van der Waals surface area (Å²) in [7, 11) is 0. The van der Waals surface area contributed by atoms with Gasteiger partial charge in [-0.15, -0.1) is 10.2 Å². The molecule has 0 N–H and O–H groups in total. The van der Waals surface area contributed by atoms with E-state index >= 15 is 0 Å². The minimum atomic E-state index is 0.105. The molecular weight excluding hydrogens is 343 g/mol. The first-order valence-corrected chi connectivity index (χ1v) is 8.35. The van der Waals surface area contributed by atoms with Gasteiger partial charge in [0.25, 0.3) is 0 Å². The van der Waals surface area contributed by atoms with Crippen molar-refractivity contribution in [1.82, 2.24) is 0 Å². The summed E-state index contributed by atoms with van der Waals surface area (Å²) in [4.78, 5) is 0. The maximum Gasteiger partial charge on any atom is 0.127 e. The van der Waals surface area contributed by atoms with Crippen LogP contribution in [0.3, 0.4) is 0 Å². The lowest BCUT2D eigenvalue weighted by atomic mass is 10.1. The molecule has 0 aromatic heterocycles. The maximum atomic E-state index is 6.14. The Bertz CT molecular complexity index is 907. The number of hydrogen-bond acceptors (Lipinski definition) is 3. The van der Waals surface area contributed by atoms with E-state index in [1.165, 1.54) is 0 Å². The predicted octanol–water partition coefficient (Wildman–Crippen LogP) is 7.35. The highest BCUT2D eigenvalue weighted by Gasteiger charge is 2.08.